The fourth-order valence-corrected chi connectivity index (χ4v) is 3.19. The zero-order valence-electron chi connectivity index (χ0n) is 14.2. The number of carbonyl (C=O) groups excluding carboxylic acids is 2. The number of benzene rings is 1. The van der Waals surface area contributed by atoms with Gasteiger partial charge in [-0.05, 0) is 18.2 Å². The normalized spacial score (nSPS) is 19.0. The Morgan fingerprint density at radius 3 is 2.77 bits per heavy atom. The Morgan fingerprint density at radius 2 is 2.00 bits per heavy atom. The van der Waals surface area contributed by atoms with Gasteiger partial charge < -0.3 is 19.7 Å². The van der Waals surface area contributed by atoms with Gasteiger partial charge in [0.05, 0.1) is 37.1 Å². The highest BCUT2D eigenvalue weighted by molar-refractivity contribution is 5.96. The lowest BCUT2D eigenvalue weighted by atomic mass is 10.0. The molecule has 0 saturated carbocycles. The molecule has 1 amide bonds. The molecule has 26 heavy (non-hydrogen) atoms. The molecule has 7 heteroatoms. The molecule has 134 valence electrons. The van der Waals surface area contributed by atoms with E-state index in [0.29, 0.717) is 24.5 Å². The predicted molar refractivity (Wildman–Crippen MR) is 95.1 cm³/mol. The van der Waals surface area contributed by atoms with Gasteiger partial charge in [-0.2, -0.15) is 0 Å². The Hall–Kier alpha value is -2.93. The summed E-state index contributed by atoms with van der Waals surface area (Å²) in [4.78, 5) is 30.7. The van der Waals surface area contributed by atoms with Gasteiger partial charge in [0.2, 0.25) is 5.91 Å². The van der Waals surface area contributed by atoms with Gasteiger partial charge in [-0.1, -0.05) is 18.2 Å². The third-order valence-corrected chi connectivity index (χ3v) is 4.51. The van der Waals surface area contributed by atoms with Crippen LogP contribution in [-0.4, -0.2) is 43.2 Å². The minimum absolute atomic E-state index is 0.0773. The molecule has 1 aromatic heterocycles. The van der Waals surface area contributed by atoms with Gasteiger partial charge in [-0.3, -0.25) is 4.79 Å². The molecule has 0 bridgehead atoms. The largest absolute Gasteiger partial charge is 0.453 e. The smallest absolute Gasteiger partial charge is 0.339 e. The average Bonchev–Trinajstić information content (AvgIpc) is 2.99. The van der Waals surface area contributed by atoms with E-state index in [0.717, 1.165) is 24.5 Å². The quantitative estimate of drug-likeness (QED) is 0.849. The fraction of sp³-hybridized carbons (Fsp3) is 0.316. The number of carbonyl (C=O) groups is 2. The average molecular weight is 353 g/mol. The first-order valence-electron chi connectivity index (χ1n) is 8.59. The van der Waals surface area contributed by atoms with E-state index in [-0.39, 0.29) is 18.3 Å². The molecule has 1 aromatic carbocycles. The van der Waals surface area contributed by atoms with Crippen molar-refractivity contribution < 1.29 is 19.1 Å². The Balaban J connectivity index is 1.37. The highest BCUT2D eigenvalue weighted by Crippen LogP contribution is 2.32. The number of fused-ring (bicyclic) bond motifs is 1. The van der Waals surface area contributed by atoms with E-state index in [4.69, 9.17) is 9.47 Å². The van der Waals surface area contributed by atoms with E-state index in [1.54, 1.807) is 18.3 Å². The Labute approximate surface area is 150 Å². The summed E-state index contributed by atoms with van der Waals surface area (Å²) in [6, 6.07) is 10.8. The molecule has 1 N–H and O–H groups in total. The number of nitrogens with zero attached hydrogens (tertiary/aromatic N) is 2. The van der Waals surface area contributed by atoms with Crippen LogP contribution in [0.1, 0.15) is 28.4 Å². The van der Waals surface area contributed by atoms with E-state index < -0.39 is 6.10 Å². The van der Waals surface area contributed by atoms with Gasteiger partial charge in [-0.15, -0.1) is 0 Å². The highest BCUT2D eigenvalue weighted by Gasteiger charge is 2.32. The number of aromatic nitrogens is 1. The van der Waals surface area contributed by atoms with Crippen molar-refractivity contribution >= 4 is 23.4 Å². The molecule has 1 fully saturated rings. The molecular formula is C19H19N3O4. The Bertz CT molecular complexity index is 816. The number of hydrogen-bond acceptors (Lipinski definition) is 6. The van der Waals surface area contributed by atoms with Crippen molar-refractivity contribution in [2.45, 2.75) is 12.5 Å². The number of esters is 1. The topological polar surface area (TPSA) is 80.8 Å². The maximum atomic E-state index is 12.3. The van der Waals surface area contributed by atoms with Crippen LogP contribution in [0.2, 0.25) is 0 Å². The van der Waals surface area contributed by atoms with E-state index >= 15 is 0 Å². The van der Waals surface area contributed by atoms with Crippen molar-refractivity contribution in [1.29, 1.82) is 0 Å². The number of hydrogen-bond donors (Lipinski definition) is 1. The number of cyclic esters (lactones) is 1. The SMILES string of the molecule is O=C(CC1OC(=O)c2ccccc21)Nc1ccc(N2CCOCC2)nc1. The minimum Gasteiger partial charge on any atom is -0.453 e. The van der Waals surface area contributed by atoms with Gasteiger partial charge in [0.25, 0.3) is 0 Å². The molecule has 7 nitrogen and oxygen atoms in total. The van der Waals surface area contributed by atoms with Crippen molar-refractivity contribution in [3.63, 3.8) is 0 Å². The van der Waals surface area contributed by atoms with Crippen LogP contribution in [0.5, 0.6) is 0 Å². The van der Waals surface area contributed by atoms with Crippen molar-refractivity contribution in [2.24, 2.45) is 0 Å². The summed E-state index contributed by atoms with van der Waals surface area (Å²) < 4.78 is 10.6. The summed E-state index contributed by atoms with van der Waals surface area (Å²) in [5.41, 5.74) is 1.90. The number of ether oxygens (including phenoxy) is 2. The minimum atomic E-state index is -0.542. The maximum absolute atomic E-state index is 12.3. The van der Waals surface area contributed by atoms with E-state index in [1.165, 1.54) is 0 Å². The number of amides is 1. The number of pyridine rings is 1. The molecule has 2 aromatic rings. The van der Waals surface area contributed by atoms with Gasteiger partial charge >= 0.3 is 5.97 Å². The lowest BCUT2D eigenvalue weighted by Crippen LogP contribution is -2.36. The number of rotatable bonds is 4. The van der Waals surface area contributed by atoms with E-state index in [1.807, 2.05) is 24.3 Å². The zero-order valence-corrected chi connectivity index (χ0v) is 14.2. The van der Waals surface area contributed by atoms with Gasteiger partial charge in [0.1, 0.15) is 11.9 Å². The highest BCUT2D eigenvalue weighted by atomic mass is 16.5. The monoisotopic (exact) mass is 353 g/mol. The summed E-state index contributed by atoms with van der Waals surface area (Å²) in [6.45, 7) is 3.01. The first-order valence-corrected chi connectivity index (χ1v) is 8.59. The number of morpholine rings is 1. The van der Waals surface area contributed by atoms with Gasteiger partial charge in [0, 0.05) is 18.7 Å². The van der Waals surface area contributed by atoms with Crippen molar-refractivity contribution in [3.05, 3.63) is 53.7 Å². The molecule has 1 unspecified atom stereocenters. The second-order valence-corrected chi connectivity index (χ2v) is 6.24. The molecule has 2 aliphatic rings. The first-order chi connectivity index (χ1) is 12.7. The van der Waals surface area contributed by atoms with E-state index in [2.05, 4.69) is 15.2 Å². The molecule has 2 aliphatic heterocycles. The molecular weight excluding hydrogens is 334 g/mol. The van der Waals surface area contributed by atoms with Crippen molar-refractivity contribution in [1.82, 2.24) is 4.98 Å². The summed E-state index contributed by atoms with van der Waals surface area (Å²) >= 11 is 0. The molecule has 1 saturated heterocycles. The van der Waals surface area contributed by atoms with Crippen LogP contribution < -0.4 is 10.2 Å². The molecule has 3 heterocycles. The second kappa shape index (κ2) is 7.13. The molecule has 0 radical (unpaired) electrons. The zero-order chi connectivity index (χ0) is 17.9. The van der Waals surface area contributed by atoms with Gasteiger partial charge in [-0.25, -0.2) is 9.78 Å². The third kappa shape index (κ3) is 3.39. The molecule has 1 atom stereocenters. The van der Waals surface area contributed by atoms with Crippen LogP contribution in [-0.2, 0) is 14.3 Å². The summed E-state index contributed by atoms with van der Waals surface area (Å²) in [5.74, 6) is 0.264. The van der Waals surface area contributed by atoms with Crippen LogP contribution in [0, 0.1) is 0 Å². The van der Waals surface area contributed by atoms with Crippen LogP contribution >= 0.6 is 0 Å². The van der Waals surface area contributed by atoms with Crippen LogP contribution in [0.25, 0.3) is 0 Å². The molecule has 0 spiro atoms. The summed E-state index contributed by atoms with van der Waals surface area (Å²) in [5, 5.41) is 2.81. The number of nitrogens with one attached hydrogen (secondary N) is 1. The van der Waals surface area contributed by atoms with Crippen molar-refractivity contribution in [2.75, 3.05) is 36.5 Å². The number of anilines is 2. The van der Waals surface area contributed by atoms with E-state index in [9.17, 15) is 9.59 Å². The lowest BCUT2D eigenvalue weighted by Gasteiger charge is -2.27. The maximum Gasteiger partial charge on any atom is 0.339 e. The van der Waals surface area contributed by atoms with Crippen LogP contribution in [0.15, 0.2) is 42.6 Å². The second-order valence-electron chi connectivity index (χ2n) is 6.24. The van der Waals surface area contributed by atoms with Crippen LogP contribution in [0.3, 0.4) is 0 Å². The standard InChI is InChI=1S/C19H19N3O4/c23-18(11-16-14-3-1-2-4-15(14)19(24)26-16)21-13-5-6-17(20-12-13)22-7-9-25-10-8-22/h1-6,12,16H,7-11H2,(H,21,23). The molecule has 0 aliphatic carbocycles. The summed E-state index contributed by atoms with van der Waals surface area (Å²) in [6.07, 6.45) is 1.17. The van der Waals surface area contributed by atoms with Gasteiger partial charge in [0.15, 0.2) is 0 Å². The predicted octanol–water partition coefficient (Wildman–Crippen LogP) is 2.16. The Kier molecular flexibility index (Phi) is 4.53. The van der Waals surface area contributed by atoms with Crippen LogP contribution in [0.4, 0.5) is 11.5 Å². The fourth-order valence-electron chi connectivity index (χ4n) is 3.19. The third-order valence-electron chi connectivity index (χ3n) is 4.51. The lowest BCUT2D eigenvalue weighted by molar-refractivity contribution is -0.118. The van der Waals surface area contributed by atoms with Crippen molar-refractivity contribution in [3.8, 4) is 0 Å². The molecule has 4 rings (SSSR count). The Morgan fingerprint density at radius 1 is 1.19 bits per heavy atom. The first kappa shape index (κ1) is 16.5. The summed E-state index contributed by atoms with van der Waals surface area (Å²) in [7, 11) is 0.